The molecule has 8 heteroatoms. The largest absolute Gasteiger partial charge is 0.496 e. The molecule has 0 radical (unpaired) electrons. The zero-order chi connectivity index (χ0) is 19.2. The van der Waals surface area contributed by atoms with E-state index in [4.69, 9.17) is 4.74 Å². The number of methoxy groups -OCH3 is 1. The van der Waals surface area contributed by atoms with Crippen molar-refractivity contribution >= 4 is 15.9 Å². The fourth-order valence-electron chi connectivity index (χ4n) is 2.47. The lowest BCUT2D eigenvalue weighted by Gasteiger charge is -2.18. The van der Waals surface area contributed by atoms with E-state index >= 15 is 0 Å². The third kappa shape index (κ3) is 5.27. The smallest absolute Gasteiger partial charge is 0.242 e. The molecule has 2 N–H and O–H groups in total. The Morgan fingerprint density at radius 2 is 2.08 bits per heavy atom. The number of benzene rings is 1. The van der Waals surface area contributed by atoms with Gasteiger partial charge in [0.05, 0.1) is 13.2 Å². The highest BCUT2D eigenvalue weighted by molar-refractivity contribution is 7.89. The van der Waals surface area contributed by atoms with Crippen molar-refractivity contribution in [1.29, 1.82) is 0 Å². The Morgan fingerprint density at radius 1 is 1.31 bits per heavy atom. The van der Waals surface area contributed by atoms with Gasteiger partial charge in [-0.05, 0) is 32.0 Å². The van der Waals surface area contributed by atoms with Gasteiger partial charge in [0.1, 0.15) is 10.6 Å². The highest BCUT2D eigenvalue weighted by atomic mass is 32.2. The maximum absolute atomic E-state index is 12.1. The number of nitrogens with zero attached hydrogens (tertiary/aromatic N) is 1. The number of pyridine rings is 1. The molecule has 1 aromatic carbocycles. The molecule has 0 saturated carbocycles. The molecule has 1 heterocycles. The molecule has 2 rings (SSSR count). The number of nitrogens with one attached hydrogen (secondary N) is 2. The molecule has 0 bridgehead atoms. The third-order valence-electron chi connectivity index (χ3n) is 3.82. The van der Waals surface area contributed by atoms with Crippen molar-refractivity contribution < 1.29 is 17.9 Å². The van der Waals surface area contributed by atoms with Crippen LogP contribution >= 0.6 is 0 Å². The Labute approximate surface area is 153 Å². The molecule has 0 saturated heterocycles. The first kappa shape index (κ1) is 19.9. The second kappa shape index (κ2) is 8.77. The van der Waals surface area contributed by atoms with Gasteiger partial charge in [-0.25, -0.2) is 13.1 Å². The monoisotopic (exact) mass is 377 g/mol. The van der Waals surface area contributed by atoms with Crippen LogP contribution in [0.5, 0.6) is 5.75 Å². The third-order valence-corrected chi connectivity index (χ3v) is 5.26. The van der Waals surface area contributed by atoms with E-state index in [2.05, 4.69) is 15.0 Å². The SMILES string of the molecule is COc1ccc(C)cc1C(C)NC(=O)CCNS(=O)(=O)c1cccnc1. The fourth-order valence-corrected chi connectivity index (χ4v) is 3.47. The van der Waals surface area contributed by atoms with Gasteiger partial charge in [0.25, 0.3) is 0 Å². The predicted octanol–water partition coefficient (Wildman–Crippen LogP) is 1.94. The summed E-state index contributed by atoms with van der Waals surface area (Å²) in [6.45, 7) is 3.82. The average molecular weight is 377 g/mol. The maximum Gasteiger partial charge on any atom is 0.242 e. The average Bonchev–Trinajstić information content (AvgIpc) is 2.62. The fraction of sp³-hybridized carbons (Fsp3) is 0.333. The summed E-state index contributed by atoms with van der Waals surface area (Å²) >= 11 is 0. The van der Waals surface area contributed by atoms with Crippen molar-refractivity contribution in [3.63, 3.8) is 0 Å². The van der Waals surface area contributed by atoms with Crippen LogP contribution in [0.15, 0.2) is 47.6 Å². The summed E-state index contributed by atoms with van der Waals surface area (Å²) in [5.74, 6) is 0.440. The Kier molecular flexibility index (Phi) is 6.70. The van der Waals surface area contributed by atoms with Gasteiger partial charge in [-0.3, -0.25) is 9.78 Å². The highest BCUT2D eigenvalue weighted by Gasteiger charge is 2.16. The Hall–Kier alpha value is -2.45. The van der Waals surface area contributed by atoms with E-state index in [1.807, 2.05) is 32.0 Å². The first-order chi connectivity index (χ1) is 12.3. The minimum absolute atomic E-state index is 0.000728. The summed E-state index contributed by atoms with van der Waals surface area (Å²) in [5.41, 5.74) is 1.93. The first-order valence-corrected chi connectivity index (χ1v) is 9.65. The van der Waals surface area contributed by atoms with Crippen molar-refractivity contribution in [3.8, 4) is 5.75 Å². The van der Waals surface area contributed by atoms with Crippen LogP contribution < -0.4 is 14.8 Å². The molecule has 140 valence electrons. The molecule has 0 spiro atoms. The summed E-state index contributed by atoms with van der Waals surface area (Å²) in [7, 11) is -2.09. The number of rotatable bonds is 8. The van der Waals surface area contributed by atoms with Gasteiger partial charge in [0, 0.05) is 30.9 Å². The van der Waals surface area contributed by atoms with E-state index in [1.165, 1.54) is 24.5 Å². The van der Waals surface area contributed by atoms with Crippen LogP contribution in [0.4, 0.5) is 0 Å². The molecule has 0 aliphatic rings. The second-order valence-corrected chi connectivity index (χ2v) is 7.64. The van der Waals surface area contributed by atoms with Crippen LogP contribution in [0.1, 0.15) is 30.5 Å². The Morgan fingerprint density at radius 3 is 2.73 bits per heavy atom. The summed E-state index contributed by atoms with van der Waals surface area (Å²) in [5, 5.41) is 2.86. The van der Waals surface area contributed by atoms with Crippen molar-refractivity contribution in [1.82, 2.24) is 15.0 Å². The van der Waals surface area contributed by atoms with Gasteiger partial charge >= 0.3 is 0 Å². The maximum atomic E-state index is 12.1. The van der Waals surface area contributed by atoms with Gasteiger partial charge in [-0.2, -0.15) is 0 Å². The molecular formula is C18H23N3O4S. The number of carbonyl (C=O) groups is 1. The van der Waals surface area contributed by atoms with Crippen LogP contribution in [0, 0.1) is 6.92 Å². The van der Waals surface area contributed by atoms with E-state index in [0.717, 1.165) is 11.1 Å². The molecule has 2 aromatic rings. The van der Waals surface area contributed by atoms with E-state index < -0.39 is 10.0 Å². The molecular weight excluding hydrogens is 354 g/mol. The molecule has 1 aromatic heterocycles. The summed E-state index contributed by atoms with van der Waals surface area (Å²) in [6, 6.07) is 8.47. The first-order valence-electron chi connectivity index (χ1n) is 8.17. The number of aromatic nitrogens is 1. The normalized spacial score (nSPS) is 12.4. The van der Waals surface area contributed by atoms with E-state index in [1.54, 1.807) is 7.11 Å². The zero-order valence-electron chi connectivity index (χ0n) is 15.0. The Bertz CT molecular complexity index is 854. The van der Waals surface area contributed by atoms with Gasteiger partial charge in [-0.15, -0.1) is 0 Å². The van der Waals surface area contributed by atoms with E-state index in [9.17, 15) is 13.2 Å². The number of amides is 1. The number of aryl methyl sites for hydroxylation is 1. The van der Waals surface area contributed by atoms with E-state index in [0.29, 0.717) is 5.75 Å². The van der Waals surface area contributed by atoms with Gasteiger partial charge in [0.2, 0.25) is 15.9 Å². The Balaban J connectivity index is 1.90. The van der Waals surface area contributed by atoms with Gasteiger partial charge in [0.15, 0.2) is 0 Å². The summed E-state index contributed by atoms with van der Waals surface area (Å²) < 4.78 is 31.9. The number of hydrogen-bond donors (Lipinski definition) is 2. The molecule has 0 fully saturated rings. The van der Waals surface area contributed by atoms with E-state index in [-0.39, 0.29) is 29.8 Å². The molecule has 1 amide bonds. The quantitative estimate of drug-likeness (QED) is 0.733. The number of hydrogen-bond acceptors (Lipinski definition) is 5. The minimum atomic E-state index is -3.67. The highest BCUT2D eigenvalue weighted by Crippen LogP contribution is 2.26. The van der Waals surface area contributed by atoms with Crippen molar-refractivity contribution in [2.45, 2.75) is 31.2 Å². The molecule has 0 aliphatic heterocycles. The molecule has 1 atom stereocenters. The van der Waals surface area contributed by atoms with Crippen LogP contribution in [0.25, 0.3) is 0 Å². The van der Waals surface area contributed by atoms with Gasteiger partial charge in [-0.1, -0.05) is 17.7 Å². The van der Waals surface area contributed by atoms with Crippen molar-refractivity contribution in [3.05, 3.63) is 53.9 Å². The number of ether oxygens (including phenoxy) is 1. The molecule has 1 unspecified atom stereocenters. The summed E-state index contributed by atoms with van der Waals surface area (Å²) in [4.78, 5) is 16.0. The van der Waals surface area contributed by atoms with Crippen molar-refractivity contribution in [2.24, 2.45) is 0 Å². The minimum Gasteiger partial charge on any atom is -0.496 e. The van der Waals surface area contributed by atoms with Crippen molar-refractivity contribution in [2.75, 3.05) is 13.7 Å². The van der Waals surface area contributed by atoms with Crippen LogP contribution in [0.3, 0.4) is 0 Å². The van der Waals surface area contributed by atoms with Crippen LogP contribution in [-0.2, 0) is 14.8 Å². The second-order valence-electron chi connectivity index (χ2n) is 5.87. The van der Waals surface area contributed by atoms with Gasteiger partial charge < -0.3 is 10.1 Å². The lowest BCUT2D eigenvalue weighted by Crippen LogP contribution is -2.32. The lowest BCUT2D eigenvalue weighted by molar-refractivity contribution is -0.121. The number of carbonyl (C=O) groups excluding carboxylic acids is 1. The lowest BCUT2D eigenvalue weighted by atomic mass is 10.0. The topological polar surface area (TPSA) is 97.4 Å². The zero-order valence-corrected chi connectivity index (χ0v) is 15.8. The number of sulfonamides is 1. The molecule has 7 nitrogen and oxygen atoms in total. The van der Waals surface area contributed by atoms with Crippen LogP contribution in [0.2, 0.25) is 0 Å². The summed E-state index contributed by atoms with van der Waals surface area (Å²) in [6.07, 6.45) is 2.78. The molecule has 0 aliphatic carbocycles. The van der Waals surface area contributed by atoms with Crippen LogP contribution in [-0.4, -0.2) is 33.0 Å². The standard InChI is InChI=1S/C18H23N3O4S/c1-13-6-7-17(25-3)16(11-13)14(2)21-18(22)8-10-20-26(23,24)15-5-4-9-19-12-15/h4-7,9,11-12,14,20H,8,10H2,1-3H3,(H,21,22). The predicted molar refractivity (Wildman–Crippen MR) is 98.3 cm³/mol. The molecule has 26 heavy (non-hydrogen) atoms.